The molecule has 0 aliphatic carbocycles. The van der Waals surface area contributed by atoms with Crippen LogP contribution in [0.2, 0.25) is 10.6 Å². The van der Waals surface area contributed by atoms with Gasteiger partial charge in [0.2, 0.25) is 0 Å². The van der Waals surface area contributed by atoms with Crippen LogP contribution >= 0.6 is 0 Å². The molecule has 0 amide bonds. The van der Waals surface area contributed by atoms with Gasteiger partial charge in [-0.25, -0.2) is 0 Å². The van der Waals surface area contributed by atoms with Crippen molar-refractivity contribution in [3.8, 4) is 0 Å². The van der Waals surface area contributed by atoms with Gasteiger partial charge in [0.15, 0.2) is 0 Å². The summed E-state index contributed by atoms with van der Waals surface area (Å²) in [6.45, 7) is 13.2. The molecule has 2 rings (SSSR count). The van der Waals surface area contributed by atoms with Crippen LogP contribution in [0.25, 0.3) is 0 Å². The Morgan fingerprint density at radius 1 is 1.00 bits per heavy atom. The third-order valence-electron chi connectivity index (χ3n) is 7.58. The van der Waals surface area contributed by atoms with E-state index >= 15 is 0 Å². The number of hydrogen-bond donors (Lipinski definition) is 1. The lowest BCUT2D eigenvalue weighted by atomic mass is 9.33. The zero-order valence-electron chi connectivity index (χ0n) is 16.9. The van der Waals surface area contributed by atoms with E-state index in [4.69, 9.17) is 0 Å². The highest BCUT2D eigenvalue weighted by Gasteiger charge is 2.57. The van der Waals surface area contributed by atoms with Crippen LogP contribution in [0.4, 0.5) is 0 Å². The molecule has 0 aromatic heterocycles. The molecule has 2 heterocycles. The quantitative estimate of drug-likeness (QED) is 0.596. The Morgan fingerprint density at radius 2 is 1.58 bits per heavy atom. The molecule has 3 heteroatoms. The van der Waals surface area contributed by atoms with Gasteiger partial charge in [-0.15, -0.1) is 0 Å². The molecule has 0 aromatic carbocycles. The van der Waals surface area contributed by atoms with E-state index in [2.05, 4.69) is 35.0 Å². The second-order valence-corrected chi connectivity index (χ2v) is 10.4. The number of rotatable bonds is 5. The van der Waals surface area contributed by atoms with Gasteiger partial charge in [-0.3, -0.25) is 4.79 Å². The fourth-order valence-corrected chi connectivity index (χ4v) is 5.77. The minimum Gasteiger partial charge on any atom is -0.481 e. The zero-order chi connectivity index (χ0) is 18.2. The number of carbonyl (C=O) groups is 1. The lowest BCUT2D eigenvalue weighted by Gasteiger charge is -2.49. The molecule has 2 aliphatic heterocycles. The average molecular weight is 333 g/mol. The highest BCUT2D eigenvalue weighted by atomic mass is 16.4. The van der Waals surface area contributed by atoms with E-state index in [-0.39, 0.29) is 10.7 Å². The first-order chi connectivity index (χ1) is 11.0. The fourth-order valence-electron chi connectivity index (χ4n) is 5.77. The molecule has 0 saturated carbocycles. The van der Waals surface area contributed by atoms with Gasteiger partial charge in [-0.05, 0) is 31.6 Å². The summed E-state index contributed by atoms with van der Waals surface area (Å²) in [5.41, 5.74) is -0.635. The van der Waals surface area contributed by atoms with Crippen molar-refractivity contribution in [2.24, 2.45) is 16.7 Å². The van der Waals surface area contributed by atoms with Gasteiger partial charge in [-0.1, -0.05) is 89.7 Å². The second-order valence-electron chi connectivity index (χ2n) is 10.4. The molecule has 2 unspecified atom stereocenters. The van der Waals surface area contributed by atoms with Crippen molar-refractivity contribution in [2.75, 3.05) is 0 Å². The summed E-state index contributed by atoms with van der Waals surface area (Å²) in [7, 11) is 2.74. The topological polar surface area (TPSA) is 37.3 Å². The SMILES string of the molecule is CC(C)C12[B]C(C(C)(C)CC(C)(C)C(=O)O)(CCCCCC1)CC2. The molecule has 0 aromatic rings. The van der Waals surface area contributed by atoms with Crippen molar-refractivity contribution in [1.29, 1.82) is 0 Å². The Labute approximate surface area is 150 Å². The molecular weight excluding hydrogens is 295 g/mol. The van der Waals surface area contributed by atoms with Crippen LogP contribution in [0.1, 0.15) is 99.3 Å². The summed E-state index contributed by atoms with van der Waals surface area (Å²) in [4.78, 5) is 11.7. The molecule has 2 bridgehead atoms. The maximum Gasteiger partial charge on any atom is 0.309 e. The molecule has 2 atom stereocenters. The van der Waals surface area contributed by atoms with Crippen LogP contribution in [-0.2, 0) is 4.79 Å². The van der Waals surface area contributed by atoms with Crippen LogP contribution in [0.5, 0.6) is 0 Å². The molecule has 24 heavy (non-hydrogen) atoms. The van der Waals surface area contributed by atoms with Gasteiger partial charge in [-0.2, -0.15) is 0 Å². The van der Waals surface area contributed by atoms with Gasteiger partial charge in [0.05, 0.1) is 5.41 Å². The van der Waals surface area contributed by atoms with E-state index in [9.17, 15) is 9.90 Å². The monoisotopic (exact) mass is 333 g/mol. The standard InChI is InChI=1S/C21H38BO2/c1-16(2)20-11-9-7-8-10-12-21(22-20,14-13-20)19(5,6)15-18(3,4)17(23)24/h16H,7-15H2,1-6H3,(H,23,24). The van der Waals surface area contributed by atoms with Crippen LogP contribution in [0.15, 0.2) is 0 Å². The average Bonchev–Trinajstić information content (AvgIpc) is 2.88. The van der Waals surface area contributed by atoms with E-state index in [1.807, 2.05) is 13.8 Å². The van der Waals surface area contributed by atoms with E-state index in [1.165, 1.54) is 51.4 Å². The lowest BCUT2D eigenvalue weighted by molar-refractivity contribution is -0.149. The first-order valence-corrected chi connectivity index (χ1v) is 10.1. The van der Waals surface area contributed by atoms with Crippen LogP contribution in [0.3, 0.4) is 0 Å². The second kappa shape index (κ2) is 6.69. The molecule has 2 nitrogen and oxygen atoms in total. The summed E-state index contributed by atoms with van der Waals surface area (Å²) < 4.78 is 0. The predicted octanol–water partition coefficient (Wildman–Crippen LogP) is 6.34. The van der Waals surface area contributed by atoms with Crippen molar-refractivity contribution in [1.82, 2.24) is 0 Å². The summed E-state index contributed by atoms with van der Waals surface area (Å²) >= 11 is 0. The first kappa shape index (κ1) is 19.9. The Kier molecular flexibility index (Phi) is 5.53. The van der Waals surface area contributed by atoms with Gasteiger partial charge < -0.3 is 5.11 Å². The number of carboxylic acid groups (broad SMARTS) is 1. The Hall–Kier alpha value is -0.465. The zero-order valence-corrected chi connectivity index (χ0v) is 16.9. The fraction of sp³-hybridized carbons (Fsp3) is 0.952. The maximum atomic E-state index is 11.7. The third kappa shape index (κ3) is 3.56. The largest absolute Gasteiger partial charge is 0.481 e. The normalized spacial score (nSPS) is 32.0. The summed E-state index contributed by atoms with van der Waals surface area (Å²) in [6.07, 6.45) is 11.2. The van der Waals surface area contributed by atoms with Crippen molar-refractivity contribution in [2.45, 2.75) is 110 Å². The minimum atomic E-state index is -0.664. The molecule has 0 spiro atoms. The van der Waals surface area contributed by atoms with Crippen LogP contribution in [-0.4, -0.2) is 18.4 Å². The van der Waals surface area contributed by atoms with E-state index < -0.39 is 11.4 Å². The number of aliphatic carboxylic acids is 1. The van der Waals surface area contributed by atoms with E-state index in [0.29, 0.717) is 11.2 Å². The molecule has 2 fully saturated rings. The predicted molar refractivity (Wildman–Crippen MR) is 103 cm³/mol. The van der Waals surface area contributed by atoms with Gasteiger partial charge in [0.1, 0.15) is 7.28 Å². The number of hydrogen-bond acceptors (Lipinski definition) is 1. The first-order valence-electron chi connectivity index (χ1n) is 10.1. The Morgan fingerprint density at radius 3 is 2.12 bits per heavy atom. The van der Waals surface area contributed by atoms with Gasteiger partial charge >= 0.3 is 5.97 Å². The highest BCUT2D eigenvalue weighted by molar-refractivity contribution is 6.46. The maximum absolute atomic E-state index is 11.7. The molecule has 2 saturated heterocycles. The van der Waals surface area contributed by atoms with Crippen LogP contribution < -0.4 is 0 Å². The van der Waals surface area contributed by atoms with E-state index in [0.717, 1.165) is 6.42 Å². The van der Waals surface area contributed by atoms with Crippen molar-refractivity contribution in [3.05, 3.63) is 0 Å². The summed E-state index contributed by atoms with van der Waals surface area (Å²) in [6, 6.07) is 0. The van der Waals surface area contributed by atoms with Crippen molar-refractivity contribution in [3.63, 3.8) is 0 Å². The summed E-state index contributed by atoms with van der Waals surface area (Å²) in [5, 5.41) is 10.2. The third-order valence-corrected chi connectivity index (χ3v) is 7.58. The highest BCUT2D eigenvalue weighted by Crippen LogP contribution is 2.69. The Bertz CT molecular complexity index is 468. The smallest absolute Gasteiger partial charge is 0.309 e. The number of carboxylic acids is 1. The summed E-state index contributed by atoms with van der Waals surface area (Å²) in [5.74, 6) is 0.0175. The molecule has 137 valence electrons. The van der Waals surface area contributed by atoms with Crippen LogP contribution in [0, 0.1) is 16.7 Å². The van der Waals surface area contributed by atoms with Crippen molar-refractivity contribution < 1.29 is 9.90 Å². The van der Waals surface area contributed by atoms with Crippen molar-refractivity contribution >= 4 is 13.2 Å². The molecule has 2 aliphatic rings. The molecule has 1 N–H and O–H groups in total. The molecular formula is C21H38BO2. The molecule has 1 radical (unpaired) electrons. The van der Waals surface area contributed by atoms with E-state index in [1.54, 1.807) is 0 Å². The van der Waals surface area contributed by atoms with Gasteiger partial charge in [0, 0.05) is 0 Å². The number of fused-ring (bicyclic) bond motifs is 2. The Balaban J connectivity index is 2.35. The lowest BCUT2D eigenvalue weighted by Crippen LogP contribution is -2.41. The minimum absolute atomic E-state index is 0.0237. The van der Waals surface area contributed by atoms with Gasteiger partial charge in [0.25, 0.3) is 0 Å².